The minimum Gasteiger partial charge on any atom is -0.493 e. The van der Waals surface area contributed by atoms with E-state index in [1.807, 2.05) is 0 Å². The van der Waals surface area contributed by atoms with Crippen molar-refractivity contribution >= 4 is 24.2 Å². The third-order valence-corrected chi connectivity index (χ3v) is 4.85. The zero-order valence-corrected chi connectivity index (χ0v) is 18.1. The molecule has 0 radical (unpaired) electrons. The summed E-state index contributed by atoms with van der Waals surface area (Å²) in [6.45, 7) is 2.08. The molecule has 0 aromatic heterocycles. The molecular weight excluding hydrogens is 402 g/mol. The van der Waals surface area contributed by atoms with Crippen molar-refractivity contribution in [1.29, 1.82) is 0 Å². The van der Waals surface area contributed by atoms with E-state index >= 15 is 0 Å². The normalized spacial score (nSPS) is 14.7. The van der Waals surface area contributed by atoms with Gasteiger partial charge in [-0.2, -0.15) is 0 Å². The Balaban J connectivity index is 0.00000420. The molecule has 9 nitrogen and oxygen atoms in total. The molecule has 1 saturated heterocycles. The number of hydrogen-bond acceptors (Lipinski definition) is 7. The third-order valence-electron chi connectivity index (χ3n) is 4.85. The molecule has 1 heterocycles. The van der Waals surface area contributed by atoms with E-state index in [1.165, 1.54) is 28.4 Å². The lowest BCUT2D eigenvalue weighted by Gasteiger charge is -2.35. The fourth-order valence-electron chi connectivity index (χ4n) is 3.19. The molecule has 2 rings (SSSR count). The number of ether oxygens (including phenoxy) is 4. The van der Waals surface area contributed by atoms with Crippen molar-refractivity contribution < 1.29 is 28.5 Å². The Hall–Kier alpha value is -2.23. The molecule has 1 aliphatic rings. The van der Waals surface area contributed by atoms with Crippen LogP contribution >= 0.6 is 12.4 Å². The van der Waals surface area contributed by atoms with E-state index in [0.29, 0.717) is 55.5 Å². The molecule has 0 aliphatic carbocycles. The highest BCUT2D eigenvalue weighted by molar-refractivity contribution is 5.98. The molecular formula is C19H30ClN3O6. The zero-order chi connectivity index (χ0) is 20.7. The van der Waals surface area contributed by atoms with Crippen molar-refractivity contribution in [3.8, 4) is 17.2 Å². The second-order valence-electron chi connectivity index (χ2n) is 6.35. The fraction of sp³-hybridized carbons (Fsp3) is 0.579. The second kappa shape index (κ2) is 11.7. The molecule has 1 unspecified atom stereocenters. The Morgan fingerprint density at radius 3 is 2.03 bits per heavy atom. The maximum Gasteiger partial charge on any atom is 0.257 e. The summed E-state index contributed by atoms with van der Waals surface area (Å²) in [5.41, 5.74) is 5.97. The van der Waals surface area contributed by atoms with Gasteiger partial charge in [0.2, 0.25) is 11.7 Å². The SMILES string of the molecule is COc1ccc(C(=O)N2CCN(C(=O)CC(CN)OC)CC2)c(OC)c1OC.Cl. The van der Waals surface area contributed by atoms with Crippen LogP contribution in [-0.2, 0) is 9.53 Å². The molecule has 1 aromatic rings. The highest BCUT2D eigenvalue weighted by Crippen LogP contribution is 2.40. The molecule has 10 heteroatoms. The largest absolute Gasteiger partial charge is 0.493 e. The predicted octanol–water partition coefficient (Wildman–Crippen LogP) is 0.782. The van der Waals surface area contributed by atoms with E-state index in [4.69, 9.17) is 24.7 Å². The molecule has 0 bridgehead atoms. The minimum absolute atomic E-state index is 0. The van der Waals surface area contributed by atoms with E-state index in [9.17, 15) is 9.59 Å². The lowest BCUT2D eigenvalue weighted by molar-refractivity contribution is -0.135. The molecule has 164 valence electrons. The molecule has 1 aromatic carbocycles. The lowest BCUT2D eigenvalue weighted by atomic mass is 10.1. The number of benzene rings is 1. The Labute approximate surface area is 177 Å². The van der Waals surface area contributed by atoms with Crippen LogP contribution in [0.15, 0.2) is 12.1 Å². The van der Waals surface area contributed by atoms with Gasteiger partial charge >= 0.3 is 0 Å². The maximum absolute atomic E-state index is 13.0. The van der Waals surface area contributed by atoms with Crippen molar-refractivity contribution in [1.82, 2.24) is 9.80 Å². The van der Waals surface area contributed by atoms with Gasteiger partial charge in [0.1, 0.15) is 0 Å². The van der Waals surface area contributed by atoms with Crippen LogP contribution in [0, 0.1) is 0 Å². The van der Waals surface area contributed by atoms with Crippen molar-refractivity contribution in [3.05, 3.63) is 17.7 Å². The van der Waals surface area contributed by atoms with E-state index in [1.54, 1.807) is 21.9 Å². The van der Waals surface area contributed by atoms with Crippen molar-refractivity contribution in [2.75, 3.05) is 61.2 Å². The highest BCUT2D eigenvalue weighted by atomic mass is 35.5. The number of nitrogens with two attached hydrogens (primary N) is 1. The summed E-state index contributed by atoms with van der Waals surface area (Å²) >= 11 is 0. The van der Waals surface area contributed by atoms with Crippen LogP contribution in [-0.4, -0.2) is 88.9 Å². The first kappa shape index (κ1) is 24.8. The van der Waals surface area contributed by atoms with Gasteiger partial charge in [0.05, 0.1) is 39.4 Å². The minimum atomic E-state index is -0.289. The number of nitrogens with zero attached hydrogens (tertiary/aromatic N) is 2. The molecule has 1 aliphatic heterocycles. The van der Waals surface area contributed by atoms with Gasteiger partial charge in [0.25, 0.3) is 5.91 Å². The van der Waals surface area contributed by atoms with Gasteiger partial charge in [0, 0.05) is 39.8 Å². The standard InChI is InChI=1S/C19H29N3O6.ClH/c1-25-13(12-20)11-16(23)21-7-9-22(10-8-21)19(24)14-5-6-15(26-2)18(28-4)17(14)27-3;/h5-6,13H,7-12,20H2,1-4H3;1H. The molecule has 1 atom stereocenters. The first-order chi connectivity index (χ1) is 13.5. The maximum atomic E-state index is 13.0. The molecule has 1 fully saturated rings. The number of carbonyl (C=O) groups is 2. The molecule has 2 N–H and O–H groups in total. The smallest absolute Gasteiger partial charge is 0.257 e. The highest BCUT2D eigenvalue weighted by Gasteiger charge is 2.29. The Bertz CT molecular complexity index is 691. The van der Waals surface area contributed by atoms with Gasteiger partial charge in [-0.25, -0.2) is 0 Å². The predicted molar refractivity (Wildman–Crippen MR) is 110 cm³/mol. The number of piperazine rings is 1. The number of carbonyl (C=O) groups excluding carboxylic acids is 2. The summed E-state index contributed by atoms with van der Waals surface area (Å²) in [7, 11) is 6.04. The Kier molecular flexibility index (Phi) is 10.0. The summed E-state index contributed by atoms with van der Waals surface area (Å²) in [5, 5.41) is 0. The first-order valence-corrected chi connectivity index (χ1v) is 9.09. The van der Waals surface area contributed by atoms with Crippen molar-refractivity contribution in [2.45, 2.75) is 12.5 Å². The molecule has 0 saturated carbocycles. The van der Waals surface area contributed by atoms with Gasteiger partial charge in [0.15, 0.2) is 11.5 Å². The van der Waals surface area contributed by atoms with Crippen LogP contribution in [0.2, 0.25) is 0 Å². The lowest BCUT2D eigenvalue weighted by Crippen LogP contribution is -2.51. The third kappa shape index (κ3) is 5.65. The molecule has 2 amide bonds. The van der Waals surface area contributed by atoms with Gasteiger partial charge < -0.3 is 34.5 Å². The van der Waals surface area contributed by atoms with Crippen LogP contribution in [0.3, 0.4) is 0 Å². The monoisotopic (exact) mass is 431 g/mol. The summed E-state index contributed by atoms with van der Waals surface area (Å²) in [6, 6.07) is 3.33. The van der Waals surface area contributed by atoms with E-state index < -0.39 is 0 Å². The van der Waals surface area contributed by atoms with Crippen molar-refractivity contribution in [2.24, 2.45) is 5.73 Å². The number of methoxy groups -OCH3 is 4. The second-order valence-corrected chi connectivity index (χ2v) is 6.35. The van der Waals surface area contributed by atoms with E-state index in [0.717, 1.165) is 0 Å². The number of halogens is 1. The fourth-order valence-corrected chi connectivity index (χ4v) is 3.19. The van der Waals surface area contributed by atoms with Crippen LogP contribution in [0.5, 0.6) is 17.2 Å². The average Bonchev–Trinajstić information content (AvgIpc) is 2.75. The Morgan fingerprint density at radius 2 is 1.55 bits per heavy atom. The van der Waals surface area contributed by atoms with Crippen LogP contribution in [0.25, 0.3) is 0 Å². The van der Waals surface area contributed by atoms with Crippen molar-refractivity contribution in [3.63, 3.8) is 0 Å². The van der Waals surface area contributed by atoms with Gasteiger partial charge in [-0.1, -0.05) is 0 Å². The Morgan fingerprint density at radius 1 is 0.966 bits per heavy atom. The number of amides is 2. The van der Waals surface area contributed by atoms with Gasteiger partial charge in [-0.15, -0.1) is 12.4 Å². The van der Waals surface area contributed by atoms with E-state index in [2.05, 4.69) is 0 Å². The summed E-state index contributed by atoms with van der Waals surface area (Å²) in [4.78, 5) is 28.8. The summed E-state index contributed by atoms with van der Waals surface area (Å²) in [5.74, 6) is 0.988. The quantitative estimate of drug-likeness (QED) is 0.648. The van der Waals surface area contributed by atoms with Crippen LogP contribution < -0.4 is 19.9 Å². The van der Waals surface area contributed by atoms with Gasteiger partial charge in [-0.05, 0) is 12.1 Å². The van der Waals surface area contributed by atoms with Crippen LogP contribution in [0.1, 0.15) is 16.8 Å². The summed E-state index contributed by atoms with van der Waals surface area (Å²) in [6.07, 6.45) is -0.0482. The topological polar surface area (TPSA) is 104 Å². The number of hydrogen-bond donors (Lipinski definition) is 1. The van der Waals surface area contributed by atoms with Crippen LogP contribution in [0.4, 0.5) is 0 Å². The number of rotatable bonds is 8. The average molecular weight is 432 g/mol. The summed E-state index contributed by atoms with van der Waals surface area (Å²) < 4.78 is 21.2. The van der Waals surface area contributed by atoms with E-state index in [-0.39, 0.29) is 36.7 Å². The first-order valence-electron chi connectivity index (χ1n) is 9.09. The van der Waals surface area contributed by atoms with Gasteiger partial charge in [-0.3, -0.25) is 9.59 Å². The zero-order valence-electron chi connectivity index (χ0n) is 17.3. The molecule has 29 heavy (non-hydrogen) atoms. The molecule has 0 spiro atoms.